The summed E-state index contributed by atoms with van der Waals surface area (Å²) in [4.78, 5) is 56.6. The van der Waals surface area contributed by atoms with Crippen LogP contribution in [0.3, 0.4) is 0 Å². The summed E-state index contributed by atoms with van der Waals surface area (Å²) in [6.45, 7) is 4.33. The first-order valence-corrected chi connectivity index (χ1v) is 17.8. The number of aromatic nitrogens is 2. The van der Waals surface area contributed by atoms with Gasteiger partial charge >= 0.3 is 18.3 Å². The second-order valence-corrected chi connectivity index (χ2v) is 12.2. The Bertz CT molecular complexity index is 2010. The van der Waals surface area contributed by atoms with Gasteiger partial charge in [0.05, 0.1) is 6.61 Å². The van der Waals surface area contributed by atoms with Crippen LogP contribution in [0.5, 0.6) is 0 Å². The molecule has 0 bridgehead atoms. The number of unbranched alkanes of at least 4 members (excludes halogenated alkanes) is 1. The summed E-state index contributed by atoms with van der Waals surface area (Å²) in [6, 6.07) is 21.3. The number of nitrogens with zero attached hydrogens (tertiary/aromatic N) is 5. The number of halogens is 1. The molecule has 19 heteroatoms. The smallest absolute Gasteiger partial charge is 0.435 e. The van der Waals surface area contributed by atoms with Crippen LogP contribution >= 0.6 is 11.6 Å². The minimum absolute atomic E-state index is 0.0182. The lowest BCUT2D eigenvalue weighted by Crippen LogP contribution is -2.33. The van der Waals surface area contributed by atoms with Crippen LogP contribution in [0.15, 0.2) is 77.9 Å². The Kier molecular flexibility index (Phi) is 15.8. The van der Waals surface area contributed by atoms with Crippen LogP contribution in [0.1, 0.15) is 72.2 Å². The van der Waals surface area contributed by atoms with Crippen LogP contribution < -0.4 is 11.6 Å². The number of aryl methyl sites for hydroxylation is 1. The highest BCUT2D eigenvalue weighted by Gasteiger charge is 2.26. The summed E-state index contributed by atoms with van der Waals surface area (Å²) in [5, 5.41) is 14.6. The molecule has 1 unspecified atom stereocenters. The second kappa shape index (κ2) is 20.9. The maximum atomic E-state index is 13.2. The molecule has 4 rings (SSSR count). The van der Waals surface area contributed by atoms with Crippen molar-refractivity contribution in [2.24, 2.45) is 16.7 Å². The van der Waals surface area contributed by atoms with Crippen molar-refractivity contribution in [3.8, 4) is 11.1 Å². The van der Waals surface area contributed by atoms with Gasteiger partial charge in [-0.3, -0.25) is 0 Å². The van der Waals surface area contributed by atoms with E-state index in [1.54, 1.807) is 47.9 Å². The minimum atomic E-state index is -1.24. The van der Waals surface area contributed by atoms with Gasteiger partial charge in [-0.15, -0.1) is 15.2 Å². The topological polar surface area (TPSA) is 235 Å². The first kappa shape index (κ1) is 42.3. The van der Waals surface area contributed by atoms with E-state index in [0.717, 1.165) is 34.6 Å². The molecule has 56 heavy (non-hydrogen) atoms. The highest BCUT2D eigenvalue weighted by molar-refractivity contribution is 6.32. The van der Waals surface area contributed by atoms with Gasteiger partial charge in [0.2, 0.25) is 6.29 Å². The molecule has 0 amide bonds. The molecule has 0 aliphatic heterocycles. The van der Waals surface area contributed by atoms with Crippen molar-refractivity contribution in [3.05, 3.63) is 122 Å². The Labute approximate surface area is 326 Å². The molecular formula is C37H42ClN7O11. The fourth-order valence-electron chi connectivity index (χ4n) is 5.29. The predicted molar refractivity (Wildman–Crippen MR) is 201 cm³/mol. The Balaban J connectivity index is 1.43. The number of hydrogen-bond acceptors (Lipinski definition) is 15. The molecule has 298 valence electrons. The molecule has 4 N–H and O–H groups in total. The average molecular weight is 796 g/mol. The third-order valence-corrected chi connectivity index (χ3v) is 8.16. The van der Waals surface area contributed by atoms with Crippen LogP contribution in [0.2, 0.25) is 5.15 Å². The third-order valence-electron chi connectivity index (χ3n) is 7.90. The van der Waals surface area contributed by atoms with Crippen LogP contribution in [0.4, 0.5) is 9.59 Å². The fraction of sp³-hybridized carbons (Fsp3) is 0.324. The quantitative estimate of drug-likeness (QED) is 0.0160. The molecule has 1 atom stereocenters. The Morgan fingerprint density at radius 2 is 1.62 bits per heavy atom. The van der Waals surface area contributed by atoms with Crippen molar-refractivity contribution >= 4 is 35.7 Å². The van der Waals surface area contributed by atoms with E-state index in [2.05, 4.69) is 14.9 Å². The fourth-order valence-corrected chi connectivity index (χ4v) is 5.56. The predicted octanol–water partition coefficient (Wildman–Crippen LogP) is 6.09. The number of ether oxygens (including phenoxy) is 5. The SMILES string of the molecule is CCCCc1nc(Cl)c(C(=O)OC(C)OC(=O)OCC)n1Cc1ccc(-c2ccccc2/C(N)=N/N(N)COC(=O)OCc2ccccc2CO[N+](=O)[O-])cc1. The van der Waals surface area contributed by atoms with E-state index in [4.69, 9.17) is 46.9 Å². The molecule has 0 saturated carbocycles. The lowest BCUT2D eigenvalue weighted by Gasteiger charge is -2.16. The van der Waals surface area contributed by atoms with Gasteiger partial charge in [-0.25, -0.2) is 25.2 Å². The van der Waals surface area contributed by atoms with Crippen LogP contribution in [0.25, 0.3) is 11.1 Å². The van der Waals surface area contributed by atoms with Crippen molar-refractivity contribution in [3.63, 3.8) is 0 Å². The Morgan fingerprint density at radius 3 is 2.30 bits per heavy atom. The number of hydrazine groups is 1. The molecule has 0 saturated heterocycles. The minimum Gasteiger partial charge on any atom is -0.435 e. The largest absolute Gasteiger partial charge is 0.511 e. The molecule has 4 aromatic rings. The van der Waals surface area contributed by atoms with E-state index in [0.29, 0.717) is 28.9 Å². The van der Waals surface area contributed by atoms with E-state index in [1.807, 2.05) is 43.3 Å². The Morgan fingerprint density at radius 1 is 0.946 bits per heavy atom. The molecular weight excluding hydrogens is 754 g/mol. The van der Waals surface area contributed by atoms with Crippen molar-refractivity contribution in [1.29, 1.82) is 0 Å². The summed E-state index contributed by atoms with van der Waals surface area (Å²) in [6.07, 6.45) is -1.01. The first-order chi connectivity index (χ1) is 26.9. The molecule has 1 heterocycles. The molecule has 1 aromatic heterocycles. The lowest BCUT2D eigenvalue weighted by atomic mass is 9.98. The van der Waals surface area contributed by atoms with Crippen LogP contribution in [0, 0.1) is 10.1 Å². The monoisotopic (exact) mass is 795 g/mol. The van der Waals surface area contributed by atoms with Crippen molar-refractivity contribution < 1.29 is 48.0 Å². The summed E-state index contributed by atoms with van der Waals surface area (Å²) in [5.74, 6) is 5.76. The number of benzene rings is 3. The number of rotatable bonds is 19. The van der Waals surface area contributed by atoms with Crippen LogP contribution in [-0.4, -0.2) is 63.5 Å². The van der Waals surface area contributed by atoms with E-state index in [9.17, 15) is 24.5 Å². The van der Waals surface area contributed by atoms with E-state index in [-0.39, 0.29) is 43.0 Å². The number of carbonyl (C=O) groups excluding carboxylic acids is 3. The molecule has 0 aliphatic carbocycles. The molecule has 0 aliphatic rings. The zero-order valence-electron chi connectivity index (χ0n) is 30.9. The third kappa shape index (κ3) is 12.3. The second-order valence-electron chi connectivity index (χ2n) is 11.9. The van der Waals surface area contributed by atoms with Crippen molar-refractivity contribution in [1.82, 2.24) is 14.7 Å². The molecule has 3 aromatic carbocycles. The van der Waals surface area contributed by atoms with Gasteiger partial charge in [0.1, 0.15) is 19.0 Å². The van der Waals surface area contributed by atoms with Gasteiger partial charge in [0, 0.05) is 25.5 Å². The molecule has 0 fully saturated rings. The van der Waals surface area contributed by atoms with E-state index in [1.165, 1.54) is 6.92 Å². The van der Waals surface area contributed by atoms with Gasteiger partial charge < -0.3 is 38.8 Å². The maximum absolute atomic E-state index is 13.2. The number of hydrogen-bond donors (Lipinski definition) is 2. The van der Waals surface area contributed by atoms with Gasteiger partial charge in [0.15, 0.2) is 23.4 Å². The van der Waals surface area contributed by atoms with Crippen molar-refractivity contribution in [2.75, 3.05) is 13.3 Å². The first-order valence-electron chi connectivity index (χ1n) is 17.4. The maximum Gasteiger partial charge on any atom is 0.511 e. The van der Waals surface area contributed by atoms with E-state index < -0.39 is 36.4 Å². The molecule has 0 radical (unpaired) electrons. The van der Waals surface area contributed by atoms with Crippen molar-refractivity contribution in [2.45, 2.75) is 66.1 Å². The summed E-state index contributed by atoms with van der Waals surface area (Å²) in [7, 11) is 0. The van der Waals surface area contributed by atoms with E-state index >= 15 is 0 Å². The molecule has 0 spiro atoms. The normalized spacial score (nSPS) is 11.6. The number of hydrazone groups is 1. The number of imidazole rings is 1. The number of carbonyl (C=O) groups is 3. The van der Waals surface area contributed by atoms with Crippen LogP contribution in [-0.2, 0) is 54.7 Å². The standard InChI is InChI=1S/C37H42ClN7O11/c1-4-6-15-31-41-33(38)32(35(46)55-24(3)56-37(48)51-5-2)43(31)20-25-16-18-26(19-17-25)29-13-9-10-14-30(29)34(39)42-44(40)23-53-36(47)52-21-27-11-7-8-12-28(27)22-54-45(49)50/h7-14,16-19,24H,4-6,15,20-23,40H2,1-3H3,(H2,39,42). The summed E-state index contributed by atoms with van der Waals surface area (Å²) in [5.41, 5.74) is 10.2. The zero-order valence-corrected chi connectivity index (χ0v) is 31.7. The Hall–Kier alpha value is -6.40. The number of amidine groups is 1. The highest BCUT2D eigenvalue weighted by Crippen LogP contribution is 2.27. The number of nitrogens with two attached hydrogens (primary N) is 2. The highest BCUT2D eigenvalue weighted by atomic mass is 35.5. The molecule has 18 nitrogen and oxygen atoms in total. The van der Waals surface area contributed by atoms with Gasteiger partial charge in [0.25, 0.3) is 5.09 Å². The summed E-state index contributed by atoms with van der Waals surface area (Å²) < 4.78 is 26.9. The van der Waals surface area contributed by atoms with Gasteiger partial charge in [-0.05, 0) is 41.2 Å². The zero-order chi connectivity index (χ0) is 40.6. The summed E-state index contributed by atoms with van der Waals surface area (Å²) >= 11 is 6.46. The van der Waals surface area contributed by atoms with Gasteiger partial charge in [-0.1, -0.05) is 97.7 Å². The lowest BCUT2D eigenvalue weighted by molar-refractivity contribution is -0.763. The number of esters is 1. The average Bonchev–Trinajstić information content (AvgIpc) is 3.48. The van der Waals surface area contributed by atoms with Gasteiger partial charge in [-0.2, -0.15) is 5.12 Å².